The van der Waals surface area contributed by atoms with Crippen LogP contribution in [-0.4, -0.2) is 9.97 Å². The number of nitrogens with zero attached hydrogens (tertiary/aromatic N) is 2. The van der Waals surface area contributed by atoms with Crippen molar-refractivity contribution in [1.29, 1.82) is 0 Å². The molecule has 0 atom stereocenters. The standard InChI is InChI=1S/C57H36N2O/c1-3-20-38(21-4-1)57(39-22-5-2-6-23-39)50-34-13-11-26-43(50)46-30-16-33-49(54(46)57)56-58-51(44-27-10-9-25-42(44)41-29-15-19-37-18-7-8-24-40(37)41)36-52(59-56)48-32-17-31-47-45-28-12-14-35-53(45)60-55(47)48/h1-36H. The Kier molecular flexibility index (Phi) is 7.76. The Balaban J connectivity index is 1.19. The van der Waals surface area contributed by atoms with Gasteiger partial charge in [0.2, 0.25) is 0 Å². The van der Waals surface area contributed by atoms with Crippen molar-refractivity contribution in [2.24, 2.45) is 0 Å². The second-order valence-corrected chi connectivity index (χ2v) is 15.6. The quantitative estimate of drug-likeness (QED) is 0.169. The van der Waals surface area contributed by atoms with Gasteiger partial charge in [-0.1, -0.05) is 200 Å². The highest BCUT2D eigenvalue weighted by atomic mass is 16.3. The molecule has 0 bridgehead atoms. The Morgan fingerprint density at radius 1 is 0.350 bits per heavy atom. The zero-order chi connectivity index (χ0) is 39.6. The third kappa shape index (κ3) is 5.09. The number of hydrogen-bond acceptors (Lipinski definition) is 3. The minimum Gasteiger partial charge on any atom is -0.455 e. The van der Waals surface area contributed by atoms with Gasteiger partial charge in [0, 0.05) is 27.5 Å². The molecule has 0 spiro atoms. The van der Waals surface area contributed by atoms with Crippen molar-refractivity contribution in [3.05, 3.63) is 241 Å². The summed E-state index contributed by atoms with van der Waals surface area (Å²) < 4.78 is 6.68. The van der Waals surface area contributed by atoms with Gasteiger partial charge in [-0.25, -0.2) is 9.97 Å². The first kappa shape index (κ1) is 34.2. The molecule has 1 aliphatic carbocycles. The number of hydrogen-bond donors (Lipinski definition) is 0. The van der Waals surface area contributed by atoms with E-state index in [0.29, 0.717) is 5.82 Å². The molecule has 2 heterocycles. The maximum atomic E-state index is 6.68. The minimum atomic E-state index is -0.635. The lowest BCUT2D eigenvalue weighted by molar-refractivity contribution is 0.670. The van der Waals surface area contributed by atoms with Gasteiger partial charge >= 0.3 is 0 Å². The Morgan fingerprint density at radius 2 is 0.867 bits per heavy atom. The molecular weight excluding hydrogens is 729 g/mol. The molecule has 60 heavy (non-hydrogen) atoms. The normalized spacial score (nSPS) is 12.8. The molecule has 11 aromatic rings. The summed E-state index contributed by atoms with van der Waals surface area (Å²) in [7, 11) is 0. The second-order valence-electron chi connectivity index (χ2n) is 15.6. The molecule has 0 amide bonds. The third-order valence-electron chi connectivity index (χ3n) is 12.4. The number of aromatic nitrogens is 2. The van der Waals surface area contributed by atoms with Crippen molar-refractivity contribution in [3.63, 3.8) is 0 Å². The SMILES string of the molecule is c1ccc(C2(c3ccccc3)c3ccccc3-c3cccc(-c4nc(-c5ccccc5-c5cccc6ccccc56)cc(-c5cccc6c5oc5ccccc56)n4)c32)cc1. The summed E-state index contributed by atoms with van der Waals surface area (Å²) in [5.74, 6) is 0.657. The first-order chi connectivity index (χ1) is 29.8. The summed E-state index contributed by atoms with van der Waals surface area (Å²) in [5.41, 5.74) is 15.1. The molecule has 0 unspecified atom stereocenters. The van der Waals surface area contributed by atoms with Crippen molar-refractivity contribution in [1.82, 2.24) is 9.97 Å². The molecule has 2 aromatic heterocycles. The van der Waals surface area contributed by atoms with Crippen LogP contribution in [0.5, 0.6) is 0 Å². The van der Waals surface area contributed by atoms with Crippen LogP contribution in [0.25, 0.3) is 88.9 Å². The first-order valence-corrected chi connectivity index (χ1v) is 20.5. The Hall–Kier alpha value is -7.88. The maximum absolute atomic E-state index is 6.68. The molecule has 9 aromatic carbocycles. The number of benzene rings is 9. The summed E-state index contributed by atoms with van der Waals surface area (Å²) in [5, 5.41) is 4.54. The summed E-state index contributed by atoms with van der Waals surface area (Å²) in [6, 6.07) is 77.9. The average molecular weight is 765 g/mol. The Morgan fingerprint density at radius 3 is 1.67 bits per heavy atom. The highest BCUT2D eigenvalue weighted by Gasteiger charge is 2.47. The highest BCUT2D eigenvalue weighted by Crippen LogP contribution is 2.58. The van der Waals surface area contributed by atoms with E-state index in [-0.39, 0.29) is 0 Å². The number of furan rings is 1. The number of para-hydroxylation sites is 2. The van der Waals surface area contributed by atoms with Gasteiger partial charge in [0.25, 0.3) is 0 Å². The van der Waals surface area contributed by atoms with Crippen LogP contribution in [0.15, 0.2) is 223 Å². The number of rotatable bonds is 6. The van der Waals surface area contributed by atoms with Crippen molar-refractivity contribution < 1.29 is 4.42 Å². The topological polar surface area (TPSA) is 38.9 Å². The van der Waals surface area contributed by atoms with Crippen LogP contribution >= 0.6 is 0 Å². The molecule has 0 fully saturated rings. The lowest BCUT2D eigenvalue weighted by Crippen LogP contribution is -2.29. The van der Waals surface area contributed by atoms with E-state index in [9.17, 15) is 0 Å². The van der Waals surface area contributed by atoms with E-state index in [1.54, 1.807) is 0 Å². The van der Waals surface area contributed by atoms with Gasteiger partial charge in [-0.05, 0) is 73.5 Å². The average Bonchev–Trinajstić information content (AvgIpc) is 3.86. The highest BCUT2D eigenvalue weighted by molar-refractivity contribution is 6.09. The van der Waals surface area contributed by atoms with Crippen LogP contribution in [0.3, 0.4) is 0 Å². The van der Waals surface area contributed by atoms with Crippen molar-refractivity contribution in [2.45, 2.75) is 5.41 Å². The summed E-state index contributed by atoms with van der Waals surface area (Å²) in [6.07, 6.45) is 0. The maximum Gasteiger partial charge on any atom is 0.160 e. The van der Waals surface area contributed by atoms with Gasteiger partial charge in [0.1, 0.15) is 11.2 Å². The van der Waals surface area contributed by atoms with Gasteiger partial charge in [0.15, 0.2) is 5.82 Å². The minimum absolute atomic E-state index is 0.635. The van der Waals surface area contributed by atoms with Crippen LogP contribution in [-0.2, 0) is 5.41 Å². The van der Waals surface area contributed by atoms with E-state index in [4.69, 9.17) is 14.4 Å². The van der Waals surface area contributed by atoms with Gasteiger partial charge in [-0.3, -0.25) is 0 Å². The van der Waals surface area contributed by atoms with Crippen LogP contribution in [0, 0.1) is 0 Å². The molecule has 0 saturated heterocycles. The molecule has 0 N–H and O–H groups in total. The molecule has 280 valence electrons. The van der Waals surface area contributed by atoms with Crippen molar-refractivity contribution in [3.8, 4) is 56.2 Å². The summed E-state index contributed by atoms with van der Waals surface area (Å²) >= 11 is 0. The molecule has 12 rings (SSSR count). The van der Waals surface area contributed by atoms with Crippen LogP contribution < -0.4 is 0 Å². The zero-order valence-corrected chi connectivity index (χ0v) is 32.6. The molecule has 1 aliphatic rings. The van der Waals surface area contributed by atoms with E-state index in [2.05, 4.69) is 206 Å². The molecule has 0 radical (unpaired) electrons. The molecule has 0 aliphatic heterocycles. The smallest absolute Gasteiger partial charge is 0.160 e. The van der Waals surface area contributed by atoms with E-state index in [1.807, 2.05) is 12.1 Å². The van der Waals surface area contributed by atoms with Crippen LogP contribution in [0.1, 0.15) is 22.3 Å². The summed E-state index contributed by atoms with van der Waals surface area (Å²) in [6.45, 7) is 0. The van der Waals surface area contributed by atoms with Gasteiger partial charge in [-0.15, -0.1) is 0 Å². The monoisotopic (exact) mass is 764 g/mol. The van der Waals surface area contributed by atoms with E-state index in [0.717, 1.165) is 61.1 Å². The molecule has 0 saturated carbocycles. The predicted octanol–water partition coefficient (Wildman–Crippen LogP) is 14.6. The third-order valence-corrected chi connectivity index (χ3v) is 12.4. The van der Waals surface area contributed by atoms with Gasteiger partial charge in [0.05, 0.1) is 16.8 Å². The fourth-order valence-corrected chi connectivity index (χ4v) is 9.88. The second kappa shape index (κ2) is 13.6. The first-order valence-electron chi connectivity index (χ1n) is 20.5. The van der Waals surface area contributed by atoms with Gasteiger partial charge < -0.3 is 4.42 Å². The molecular formula is C57H36N2O. The van der Waals surface area contributed by atoms with Gasteiger partial charge in [-0.2, -0.15) is 0 Å². The Bertz CT molecular complexity index is 3390. The molecule has 3 heteroatoms. The zero-order valence-electron chi connectivity index (χ0n) is 32.6. The fourth-order valence-electron chi connectivity index (χ4n) is 9.88. The van der Waals surface area contributed by atoms with E-state index >= 15 is 0 Å². The predicted molar refractivity (Wildman–Crippen MR) is 246 cm³/mol. The van der Waals surface area contributed by atoms with Crippen LogP contribution in [0.2, 0.25) is 0 Å². The summed E-state index contributed by atoms with van der Waals surface area (Å²) in [4.78, 5) is 11.2. The van der Waals surface area contributed by atoms with E-state index < -0.39 is 5.41 Å². The number of fused-ring (bicyclic) bond motifs is 7. The lowest BCUT2D eigenvalue weighted by Gasteiger charge is -2.35. The van der Waals surface area contributed by atoms with Crippen molar-refractivity contribution >= 4 is 32.7 Å². The largest absolute Gasteiger partial charge is 0.455 e. The van der Waals surface area contributed by atoms with Crippen LogP contribution in [0.4, 0.5) is 0 Å². The van der Waals surface area contributed by atoms with E-state index in [1.165, 1.54) is 44.2 Å². The molecule has 3 nitrogen and oxygen atoms in total. The van der Waals surface area contributed by atoms with Crippen molar-refractivity contribution in [2.75, 3.05) is 0 Å². The fraction of sp³-hybridized carbons (Fsp3) is 0.0175. The lowest BCUT2D eigenvalue weighted by atomic mass is 9.66. The Labute approximate surface area is 347 Å².